The van der Waals surface area contributed by atoms with Gasteiger partial charge < -0.3 is 10.2 Å². The molecule has 102 valence electrons. The molecule has 19 heavy (non-hydrogen) atoms. The number of nitrogens with two attached hydrogens (primary N) is 1. The number of thioether (sulfide) groups is 1. The minimum Gasteiger partial charge on any atom is -0.444 e. The second kappa shape index (κ2) is 6.98. The van der Waals surface area contributed by atoms with Crippen LogP contribution in [0.4, 0.5) is 0 Å². The molecule has 0 spiro atoms. The Bertz CT molecular complexity index is 528. The molecule has 5 heteroatoms. The summed E-state index contributed by atoms with van der Waals surface area (Å²) < 4.78 is 5.48. The summed E-state index contributed by atoms with van der Waals surface area (Å²) in [5.74, 6) is 2.50. The lowest BCUT2D eigenvalue weighted by Gasteiger charge is -2.02. The van der Waals surface area contributed by atoms with Crippen molar-refractivity contribution in [2.75, 3.05) is 5.75 Å². The van der Waals surface area contributed by atoms with Crippen LogP contribution in [0.3, 0.4) is 0 Å². The fourth-order valence-corrected chi connectivity index (χ4v) is 2.79. The monoisotopic (exact) mass is 296 g/mol. The fraction of sp³-hybridized carbons (Fsp3) is 0.357. The lowest BCUT2D eigenvalue weighted by atomic mass is 10.2. The molecule has 0 aliphatic heterocycles. The van der Waals surface area contributed by atoms with Crippen molar-refractivity contribution >= 4 is 23.4 Å². The largest absolute Gasteiger partial charge is 0.444 e. The first kappa shape index (κ1) is 14.4. The summed E-state index contributed by atoms with van der Waals surface area (Å²) in [5.41, 5.74) is 7.56. The minimum atomic E-state index is 0.256. The standard InChI is InChI=1S/C14H17ClN2OS/c1-10(16)5-6-19-9-13-8-18-14(17-13)11-3-2-4-12(15)7-11/h2-4,7-8,10H,5-6,9,16H2,1H3. The lowest BCUT2D eigenvalue weighted by Crippen LogP contribution is -2.15. The predicted molar refractivity (Wildman–Crippen MR) is 81.4 cm³/mol. The first-order chi connectivity index (χ1) is 9.15. The van der Waals surface area contributed by atoms with Gasteiger partial charge in [0, 0.05) is 22.4 Å². The number of nitrogens with zero attached hydrogens (tertiary/aromatic N) is 1. The summed E-state index contributed by atoms with van der Waals surface area (Å²) in [4.78, 5) is 4.46. The summed E-state index contributed by atoms with van der Waals surface area (Å²) in [6.07, 6.45) is 2.72. The summed E-state index contributed by atoms with van der Waals surface area (Å²) in [6.45, 7) is 2.02. The average Bonchev–Trinajstić information content (AvgIpc) is 2.83. The van der Waals surface area contributed by atoms with Crippen molar-refractivity contribution in [1.82, 2.24) is 4.98 Å². The minimum absolute atomic E-state index is 0.256. The quantitative estimate of drug-likeness (QED) is 0.820. The van der Waals surface area contributed by atoms with Gasteiger partial charge in [0.05, 0.1) is 5.69 Å². The topological polar surface area (TPSA) is 52.0 Å². The number of oxazole rings is 1. The van der Waals surface area contributed by atoms with Gasteiger partial charge in [-0.05, 0) is 37.3 Å². The van der Waals surface area contributed by atoms with Gasteiger partial charge in [-0.1, -0.05) is 17.7 Å². The molecule has 2 aromatic rings. The molecule has 1 atom stereocenters. The Morgan fingerprint density at radius 2 is 2.32 bits per heavy atom. The molecule has 0 saturated heterocycles. The maximum absolute atomic E-state index is 5.95. The van der Waals surface area contributed by atoms with Gasteiger partial charge in [0.15, 0.2) is 0 Å². The molecule has 0 bridgehead atoms. The van der Waals surface area contributed by atoms with Crippen molar-refractivity contribution in [2.45, 2.75) is 25.1 Å². The van der Waals surface area contributed by atoms with Crippen LogP contribution in [0.25, 0.3) is 11.5 Å². The van der Waals surface area contributed by atoms with Crippen LogP contribution in [-0.4, -0.2) is 16.8 Å². The molecule has 0 aliphatic rings. The number of aromatic nitrogens is 1. The zero-order chi connectivity index (χ0) is 13.7. The normalized spacial score (nSPS) is 12.6. The third-order valence-corrected chi connectivity index (χ3v) is 3.85. The summed E-state index contributed by atoms with van der Waals surface area (Å²) in [6, 6.07) is 7.76. The third-order valence-electron chi connectivity index (χ3n) is 2.59. The van der Waals surface area contributed by atoms with E-state index in [-0.39, 0.29) is 6.04 Å². The SMILES string of the molecule is CC(N)CCSCc1coc(-c2cccc(Cl)c2)n1. The van der Waals surface area contributed by atoms with E-state index in [1.165, 1.54) is 0 Å². The van der Waals surface area contributed by atoms with Gasteiger partial charge >= 0.3 is 0 Å². The van der Waals surface area contributed by atoms with Gasteiger partial charge in [0.2, 0.25) is 5.89 Å². The van der Waals surface area contributed by atoms with Crippen molar-refractivity contribution in [1.29, 1.82) is 0 Å². The number of rotatable bonds is 6. The van der Waals surface area contributed by atoms with Crippen molar-refractivity contribution in [3.63, 3.8) is 0 Å². The van der Waals surface area contributed by atoms with E-state index in [0.717, 1.165) is 29.2 Å². The van der Waals surface area contributed by atoms with E-state index >= 15 is 0 Å². The van der Waals surface area contributed by atoms with E-state index in [0.29, 0.717) is 10.9 Å². The highest BCUT2D eigenvalue weighted by atomic mass is 35.5. The molecule has 0 fully saturated rings. The van der Waals surface area contributed by atoms with Gasteiger partial charge in [-0.15, -0.1) is 0 Å². The van der Waals surface area contributed by atoms with Crippen LogP contribution in [0.1, 0.15) is 19.0 Å². The Morgan fingerprint density at radius 1 is 1.47 bits per heavy atom. The second-order valence-electron chi connectivity index (χ2n) is 4.47. The third kappa shape index (κ3) is 4.56. The van der Waals surface area contributed by atoms with Gasteiger partial charge in [0.25, 0.3) is 0 Å². The molecule has 2 N–H and O–H groups in total. The van der Waals surface area contributed by atoms with Crippen LogP contribution >= 0.6 is 23.4 Å². The number of hydrogen-bond acceptors (Lipinski definition) is 4. The van der Waals surface area contributed by atoms with Crippen molar-refractivity contribution in [3.05, 3.63) is 41.2 Å². The highest BCUT2D eigenvalue weighted by molar-refractivity contribution is 7.98. The molecule has 3 nitrogen and oxygen atoms in total. The Hall–Kier alpha value is -0.970. The van der Waals surface area contributed by atoms with E-state index < -0.39 is 0 Å². The van der Waals surface area contributed by atoms with Crippen LogP contribution in [0, 0.1) is 0 Å². The van der Waals surface area contributed by atoms with Gasteiger partial charge in [-0.25, -0.2) is 4.98 Å². The Balaban J connectivity index is 1.92. The van der Waals surface area contributed by atoms with Crippen LogP contribution in [0.15, 0.2) is 34.9 Å². The predicted octanol–water partition coefficient (Wildman–Crippen LogP) is 3.97. The molecule has 0 amide bonds. The van der Waals surface area contributed by atoms with Crippen LogP contribution in [0.5, 0.6) is 0 Å². The molecule has 0 saturated carbocycles. The van der Waals surface area contributed by atoms with E-state index in [4.69, 9.17) is 21.8 Å². The average molecular weight is 297 g/mol. The van der Waals surface area contributed by atoms with E-state index in [1.54, 1.807) is 6.26 Å². The van der Waals surface area contributed by atoms with Crippen molar-refractivity contribution < 1.29 is 4.42 Å². The summed E-state index contributed by atoms with van der Waals surface area (Å²) in [5, 5.41) is 0.684. The maximum Gasteiger partial charge on any atom is 0.226 e. The number of benzene rings is 1. The summed E-state index contributed by atoms with van der Waals surface area (Å²) >= 11 is 7.77. The first-order valence-electron chi connectivity index (χ1n) is 6.19. The molecular formula is C14H17ClN2OS. The summed E-state index contributed by atoms with van der Waals surface area (Å²) in [7, 11) is 0. The Morgan fingerprint density at radius 3 is 3.05 bits per heavy atom. The highest BCUT2D eigenvalue weighted by Gasteiger charge is 2.07. The Labute approximate surface area is 122 Å². The second-order valence-corrected chi connectivity index (χ2v) is 6.01. The zero-order valence-corrected chi connectivity index (χ0v) is 12.4. The van der Waals surface area contributed by atoms with E-state index in [1.807, 2.05) is 43.0 Å². The molecule has 0 radical (unpaired) electrons. The lowest BCUT2D eigenvalue weighted by molar-refractivity contribution is 0.573. The molecule has 2 rings (SSSR count). The highest BCUT2D eigenvalue weighted by Crippen LogP contribution is 2.23. The Kier molecular flexibility index (Phi) is 5.31. The maximum atomic E-state index is 5.95. The van der Waals surface area contributed by atoms with Gasteiger partial charge in [-0.3, -0.25) is 0 Å². The van der Waals surface area contributed by atoms with Crippen LogP contribution in [-0.2, 0) is 5.75 Å². The number of hydrogen-bond donors (Lipinski definition) is 1. The molecule has 1 heterocycles. The molecular weight excluding hydrogens is 280 g/mol. The van der Waals surface area contributed by atoms with Crippen molar-refractivity contribution in [3.8, 4) is 11.5 Å². The zero-order valence-electron chi connectivity index (χ0n) is 10.8. The molecule has 1 aromatic carbocycles. The van der Waals surface area contributed by atoms with Crippen LogP contribution < -0.4 is 5.73 Å². The van der Waals surface area contributed by atoms with Gasteiger partial charge in [0.1, 0.15) is 6.26 Å². The van der Waals surface area contributed by atoms with Gasteiger partial charge in [-0.2, -0.15) is 11.8 Å². The first-order valence-corrected chi connectivity index (χ1v) is 7.72. The molecule has 1 unspecified atom stereocenters. The smallest absolute Gasteiger partial charge is 0.226 e. The fourth-order valence-electron chi connectivity index (χ4n) is 1.57. The molecule has 1 aromatic heterocycles. The van der Waals surface area contributed by atoms with E-state index in [2.05, 4.69) is 4.98 Å². The van der Waals surface area contributed by atoms with Crippen LogP contribution in [0.2, 0.25) is 5.02 Å². The molecule has 0 aliphatic carbocycles. The van der Waals surface area contributed by atoms with E-state index in [9.17, 15) is 0 Å². The number of halogens is 1. The van der Waals surface area contributed by atoms with Crippen molar-refractivity contribution in [2.24, 2.45) is 5.73 Å².